The van der Waals surface area contributed by atoms with Crippen LogP contribution in [0.25, 0.3) is 10.9 Å². The summed E-state index contributed by atoms with van der Waals surface area (Å²) in [6, 6.07) is 4.99. The fourth-order valence-electron chi connectivity index (χ4n) is 2.05. The smallest absolute Gasteiger partial charge is 0.123 e. The molecule has 0 unspecified atom stereocenters. The van der Waals surface area contributed by atoms with Gasteiger partial charge in [0, 0.05) is 24.1 Å². The van der Waals surface area contributed by atoms with Crippen molar-refractivity contribution in [3.63, 3.8) is 0 Å². The molecule has 17 heavy (non-hydrogen) atoms. The molecule has 2 heteroatoms. The number of halogens is 1. The van der Waals surface area contributed by atoms with Crippen LogP contribution >= 0.6 is 0 Å². The Balaban J connectivity index is 0.000000686. The first kappa shape index (κ1) is 13.8. The summed E-state index contributed by atoms with van der Waals surface area (Å²) in [5.74, 6) is 0.442. The van der Waals surface area contributed by atoms with Crippen LogP contribution in [0.1, 0.15) is 33.3 Å². The quantitative estimate of drug-likeness (QED) is 0.720. The number of rotatable bonds is 2. The maximum absolute atomic E-state index is 13.2. The lowest BCUT2D eigenvalue weighted by atomic mass is 10.0. The van der Waals surface area contributed by atoms with Gasteiger partial charge < -0.3 is 4.57 Å². The Morgan fingerprint density at radius 3 is 2.47 bits per heavy atom. The average molecular weight is 235 g/mol. The highest BCUT2D eigenvalue weighted by molar-refractivity contribution is 5.84. The zero-order valence-electron chi connectivity index (χ0n) is 11.4. The minimum absolute atomic E-state index is 0.154. The van der Waals surface area contributed by atoms with Crippen LogP contribution < -0.4 is 0 Å². The van der Waals surface area contributed by atoms with Crippen LogP contribution in [0.4, 0.5) is 4.39 Å². The number of hydrogen-bond acceptors (Lipinski definition) is 0. The first-order valence-corrected chi connectivity index (χ1v) is 6.31. The Hall–Kier alpha value is -1.31. The summed E-state index contributed by atoms with van der Waals surface area (Å²) in [6.07, 6.45) is 3.10. The van der Waals surface area contributed by atoms with Gasteiger partial charge in [-0.05, 0) is 36.1 Å². The molecule has 0 atom stereocenters. The molecule has 0 N–H and O–H groups in total. The minimum atomic E-state index is -0.154. The summed E-state index contributed by atoms with van der Waals surface area (Å²) in [5.41, 5.74) is 2.34. The van der Waals surface area contributed by atoms with Crippen LogP contribution in [-0.4, -0.2) is 4.57 Å². The van der Waals surface area contributed by atoms with E-state index in [4.69, 9.17) is 0 Å². The molecule has 0 bridgehead atoms. The second-order valence-electron chi connectivity index (χ2n) is 4.52. The van der Waals surface area contributed by atoms with E-state index in [-0.39, 0.29) is 5.82 Å². The number of fused-ring (bicyclic) bond motifs is 1. The van der Waals surface area contributed by atoms with Gasteiger partial charge in [0.25, 0.3) is 0 Å². The van der Waals surface area contributed by atoms with Crippen molar-refractivity contribution in [2.75, 3.05) is 0 Å². The first-order valence-electron chi connectivity index (χ1n) is 6.31. The molecule has 2 aromatic rings. The molecule has 0 amide bonds. The van der Waals surface area contributed by atoms with E-state index < -0.39 is 0 Å². The van der Waals surface area contributed by atoms with Crippen molar-refractivity contribution in [1.82, 2.24) is 4.57 Å². The van der Waals surface area contributed by atoms with Gasteiger partial charge in [0.1, 0.15) is 5.82 Å². The standard InChI is InChI=1S/C13H16FN.C2H6/c1-9(2)6-10-8-15(3)13-5-4-11(14)7-12(10)13;1-2/h4-5,7-9H,6H2,1-3H3;1-2H3. The predicted molar refractivity (Wildman–Crippen MR) is 72.8 cm³/mol. The molecule has 0 saturated carbocycles. The first-order chi connectivity index (χ1) is 8.08. The predicted octanol–water partition coefficient (Wildman–Crippen LogP) is 4.54. The highest BCUT2D eigenvalue weighted by Crippen LogP contribution is 2.23. The van der Waals surface area contributed by atoms with E-state index in [1.165, 1.54) is 11.6 Å². The fourth-order valence-corrected chi connectivity index (χ4v) is 2.05. The number of hydrogen-bond donors (Lipinski definition) is 0. The van der Waals surface area contributed by atoms with E-state index in [0.717, 1.165) is 17.3 Å². The summed E-state index contributed by atoms with van der Waals surface area (Å²) in [7, 11) is 2.00. The zero-order chi connectivity index (χ0) is 13.0. The number of nitrogens with zero attached hydrogens (tertiary/aromatic N) is 1. The van der Waals surface area contributed by atoms with Crippen molar-refractivity contribution in [1.29, 1.82) is 0 Å². The molecular formula is C15H22FN. The molecule has 0 aliphatic heterocycles. The summed E-state index contributed by atoms with van der Waals surface area (Å²) in [6.45, 7) is 8.36. The van der Waals surface area contributed by atoms with Gasteiger partial charge in [0.2, 0.25) is 0 Å². The molecule has 0 aliphatic rings. The summed E-state index contributed by atoms with van der Waals surface area (Å²) < 4.78 is 15.2. The monoisotopic (exact) mass is 235 g/mol. The summed E-state index contributed by atoms with van der Waals surface area (Å²) in [4.78, 5) is 0. The van der Waals surface area contributed by atoms with Gasteiger partial charge in [-0.15, -0.1) is 0 Å². The van der Waals surface area contributed by atoms with Gasteiger partial charge in [0.15, 0.2) is 0 Å². The van der Waals surface area contributed by atoms with E-state index in [0.29, 0.717) is 5.92 Å². The van der Waals surface area contributed by atoms with E-state index in [1.54, 1.807) is 6.07 Å². The lowest BCUT2D eigenvalue weighted by Gasteiger charge is -2.02. The Labute approximate surface area is 103 Å². The van der Waals surface area contributed by atoms with Crippen LogP contribution in [0.15, 0.2) is 24.4 Å². The minimum Gasteiger partial charge on any atom is -0.350 e. The molecule has 0 spiro atoms. The molecule has 1 heterocycles. The Kier molecular flexibility index (Phi) is 4.73. The maximum atomic E-state index is 13.2. The molecule has 0 fully saturated rings. The van der Waals surface area contributed by atoms with Gasteiger partial charge in [-0.3, -0.25) is 0 Å². The largest absolute Gasteiger partial charge is 0.350 e. The van der Waals surface area contributed by atoms with Crippen molar-refractivity contribution in [2.24, 2.45) is 13.0 Å². The van der Waals surface area contributed by atoms with Gasteiger partial charge in [-0.2, -0.15) is 0 Å². The molecule has 1 aromatic heterocycles. The van der Waals surface area contributed by atoms with Crippen molar-refractivity contribution in [2.45, 2.75) is 34.1 Å². The normalized spacial score (nSPS) is 10.5. The molecular weight excluding hydrogens is 213 g/mol. The summed E-state index contributed by atoms with van der Waals surface area (Å²) in [5, 5.41) is 1.05. The molecule has 2 rings (SSSR count). The molecule has 1 aromatic carbocycles. The van der Waals surface area contributed by atoms with Crippen LogP contribution in [0.5, 0.6) is 0 Å². The number of aromatic nitrogens is 1. The third-order valence-electron chi connectivity index (χ3n) is 2.66. The topological polar surface area (TPSA) is 4.93 Å². The lowest BCUT2D eigenvalue weighted by Crippen LogP contribution is -1.92. The molecule has 1 nitrogen and oxygen atoms in total. The second-order valence-corrected chi connectivity index (χ2v) is 4.52. The number of benzene rings is 1. The molecule has 0 aliphatic carbocycles. The van der Waals surface area contributed by atoms with Gasteiger partial charge in [-0.25, -0.2) is 4.39 Å². The molecule has 0 saturated heterocycles. The molecule has 94 valence electrons. The van der Waals surface area contributed by atoms with E-state index in [9.17, 15) is 4.39 Å². The van der Waals surface area contributed by atoms with E-state index in [2.05, 4.69) is 24.6 Å². The highest BCUT2D eigenvalue weighted by atomic mass is 19.1. The SMILES string of the molecule is CC.CC(C)Cc1cn(C)c2ccc(F)cc12. The lowest BCUT2D eigenvalue weighted by molar-refractivity contribution is 0.628. The van der Waals surface area contributed by atoms with E-state index >= 15 is 0 Å². The maximum Gasteiger partial charge on any atom is 0.123 e. The van der Waals surface area contributed by atoms with Crippen LogP contribution in [0, 0.1) is 11.7 Å². The van der Waals surface area contributed by atoms with Gasteiger partial charge in [0.05, 0.1) is 0 Å². The molecule has 0 radical (unpaired) electrons. The van der Waals surface area contributed by atoms with Crippen molar-refractivity contribution < 1.29 is 4.39 Å². The van der Waals surface area contributed by atoms with Crippen LogP contribution in [0.3, 0.4) is 0 Å². The number of aryl methyl sites for hydroxylation is 1. The van der Waals surface area contributed by atoms with Crippen LogP contribution in [0.2, 0.25) is 0 Å². The fraction of sp³-hybridized carbons (Fsp3) is 0.467. The summed E-state index contributed by atoms with van der Waals surface area (Å²) >= 11 is 0. The van der Waals surface area contributed by atoms with E-state index in [1.807, 2.05) is 27.0 Å². The van der Waals surface area contributed by atoms with Crippen molar-refractivity contribution >= 4 is 10.9 Å². The Bertz CT molecular complexity index is 483. The highest BCUT2D eigenvalue weighted by Gasteiger charge is 2.08. The zero-order valence-corrected chi connectivity index (χ0v) is 11.4. The van der Waals surface area contributed by atoms with Crippen LogP contribution in [-0.2, 0) is 13.5 Å². The van der Waals surface area contributed by atoms with Crippen molar-refractivity contribution in [3.8, 4) is 0 Å². The van der Waals surface area contributed by atoms with Gasteiger partial charge >= 0.3 is 0 Å². The third-order valence-corrected chi connectivity index (χ3v) is 2.66. The average Bonchev–Trinajstić information content (AvgIpc) is 2.57. The van der Waals surface area contributed by atoms with Gasteiger partial charge in [-0.1, -0.05) is 27.7 Å². The van der Waals surface area contributed by atoms with Crippen molar-refractivity contribution in [3.05, 3.63) is 35.8 Å². The second kappa shape index (κ2) is 5.85. The third kappa shape index (κ3) is 3.09. The Morgan fingerprint density at radius 1 is 1.24 bits per heavy atom. The Morgan fingerprint density at radius 2 is 1.88 bits per heavy atom.